The summed E-state index contributed by atoms with van der Waals surface area (Å²) in [6, 6.07) is 15.0. The van der Waals surface area contributed by atoms with Gasteiger partial charge in [-0.2, -0.15) is 0 Å². The van der Waals surface area contributed by atoms with Gasteiger partial charge in [0, 0.05) is 24.4 Å². The molecular formula is C24H31NO4. The molecule has 2 aromatic rings. The fourth-order valence-electron chi connectivity index (χ4n) is 3.54. The van der Waals surface area contributed by atoms with Crippen molar-refractivity contribution in [2.24, 2.45) is 0 Å². The molecule has 2 unspecified atom stereocenters. The lowest BCUT2D eigenvalue weighted by Crippen LogP contribution is -2.51. The average Bonchev–Trinajstić information content (AvgIpc) is 2.71. The van der Waals surface area contributed by atoms with Crippen LogP contribution in [0.3, 0.4) is 0 Å². The van der Waals surface area contributed by atoms with E-state index in [-0.39, 0.29) is 5.97 Å². The van der Waals surface area contributed by atoms with E-state index in [1.54, 1.807) is 12.1 Å². The zero-order valence-electron chi connectivity index (χ0n) is 17.7. The molecule has 5 nitrogen and oxygen atoms in total. The standard InChI is InChI=1S/C24H31NO4/c1-5-7-15-27-21-19-16-18(25-6-2)13-14-20(19)29-24(3,4)22(21)28-23(26)17-11-9-8-10-12-17/h8-14,16,21-22,25H,5-7,15H2,1-4H3. The quantitative estimate of drug-likeness (QED) is 0.479. The Bertz CT molecular complexity index is 819. The molecule has 3 rings (SSSR count). The maximum absolute atomic E-state index is 12.8. The molecule has 2 atom stereocenters. The van der Waals surface area contributed by atoms with Gasteiger partial charge in [0.15, 0.2) is 6.10 Å². The average molecular weight is 398 g/mol. The van der Waals surface area contributed by atoms with Gasteiger partial charge in [-0.3, -0.25) is 0 Å². The molecule has 0 radical (unpaired) electrons. The number of fused-ring (bicyclic) bond motifs is 1. The van der Waals surface area contributed by atoms with Gasteiger partial charge in [-0.15, -0.1) is 0 Å². The van der Waals surface area contributed by atoms with Crippen molar-refractivity contribution < 1.29 is 19.0 Å². The fraction of sp³-hybridized carbons (Fsp3) is 0.458. The summed E-state index contributed by atoms with van der Waals surface area (Å²) < 4.78 is 18.5. The molecule has 29 heavy (non-hydrogen) atoms. The number of benzene rings is 2. The molecule has 0 bridgehead atoms. The van der Waals surface area contributed by atoms with Gasteiger partial charge in [0.1, 0.15) is 17.5 Å². The number of nitrogens with one attached hydrogen (secondary N) is 1. The van der Waals surface area contributed by atoms with Crippen molar-refractivity contribution in [3.8, 4) is 5.75 Å². The summed E-state index contributed by atoms with van der Waals surface area (Å²) in [5.74, 6) is 0.396. The summed E-state index contributed by atoms with van der Waals surface area (Å²) in [5.41, 5.74) is 1.69. The summed E-state index contributed by atoms with van der Waals surface area (Å²) in [6.45, 7) is 9.47. The number of hydrogen-bond acceptors (Lipinski definition) is 5. The Balaban J connectivity index is 1.94. The van der Waals surface area contributed by atoms with E-state index < -0.39 is 17.8 Å². The van der Waals surface area contributed by atoms with Crippen molar-refractivity contribution in [1.29, 1.82) is 0 Å². The smallest absolute Gasteiger partial charge is 0.338 e. The molecule has 0 saturated heterocycles. The third-order valence-electron chi connectivity index (χ3n) is 5.07. The van der Waals surface area contributed by atoms with Crippen LogP contribution in [0.4, 0.5) is 5.69 Å². The zero-order valence-corrected chi connectivity index (χ0v) is 17.7. The van der Waals surface area contributed by atoms with E-state index in [9.17, 15) is 4.79 Å². The van der Waals surface area contributed by atoms with Crippen molar-refractivity contribution >= 4 is 11.7 Å². The van der Waals surface area contributed by atoms with Crippen LogP contribution in [-0.2, 0) is 9.47 Å². The highest BCUT2D eigenvalue weighted by Gasteiger charge is 2.47. The lowest BCUT2D eigenvalue weighted by molar-refractivity contribution is -0.140. The van der Waals surface area contributed by atoms with Crippen molar-refractivity contribution in [3.63, 3.8) is 0 Å². The predicted octanol–water partition coefficient (Wildman–Crippen LogP) is 5.37. The van der Waals surface area contributed by atoms with Crippen LogP contribution in [0.5, 0.6) is 5.75 Å². The van der Waals surface area contributed by atoms with E-state index in [1.807, 2.05) is 50.2 Å². The number of carbonyl (C=O) groups is 1. The van der Waals surface area contributed by atoms with Crippen molar-refractivity contribution in [3.05, 3.63) is 59.7 Å². The van der Waals surface area contributed by atoms with E-state index in [4.69, 9.17) is 14.2 Å². The highest BCUT2D eigenvalue weighted by molar-refractivity contribution is 5.89. The van der Waals surface area contributed by atoms with Gasteiger partial charge in [-0.25, -0.2) is 4.79 Å². The van der Waals surface area contributed by atoms with E-state index in [2.05, 4.69) is 19.2 Å². The second-order valence-electron chi connectivity index (χ2n) is 7.83. The number of ether oxygens (including phenoxy) is 3. The third-order valence-corrected chi connectivity index (χ3v) is 5.07. The summed E-state index contributed by atoms with van der Waals surface area (Å²) >= 11 is 0. The lowest BCUT2D eigenvalue weighted by Gasteiger charge is -2.43. The molecule has 0 aromatic heterocycles. The monoisotopic (exact) mass is 397 g/mol. The van der Waals surface area contributed by atoms with Gasteiger partial charge < -0.3 is 19.5 Å². The van der Waals surface area contributed by atoms with Gasteiger partial charge in [0.2, 0.25) is 0 Å². The minimum absolute atomic E-state index is 0.373. The molecule has 1 heterocycles. The summed E-state index contributed by atoms with van der Waals surface area (Å²) in [6.07, 6.45) is 1.01. The number of unbranched alkanes of at least 4 members (excludes halogenated alkanes) is 1. The van der Waals surface area contributed by atoms with E-state index >= 15 is 0 Å². The van der Waals surface area contributed by atoms with Crippen molar-refractivity contribution in [2.75, 3.05) is 18.5 Å². The second-order valence-corrected chi connectivity index (χ2v) is 7.83. The Morgan fingerprint density at radius 2 is 1.90 bits per heavy atom. The molecule has 0 aliphatic carbocycles. The fourth-order valence-corrected chi connectivity index (χ4v) is 3.54. The van der Waals surface area contributed by atoms with Crippen LogP contribution in [0.15, 0.2) is 48.5 Å². The van der Waals surface area contributed by atoms with Crippen LogP contribution < -0.4 is 10.1 Å². The highest BCUT2D eigenvalue weighted by Crippen LogP contribution is 2.44. The highest BCUT2D eigenvalue weighted by atomic mass is 16.6. The van der Waals surface area contributed by atoms with Gasteiger partial charge >= 0.3 is 5.97 Å². The van der Waals surface area contributed by atoms with Crippen LogP contribution in [0.25, 0.3) is 0 Å². The van der Waals surface area contributed by atoms with Gasteiger partial charge in [-0.1, -0.05) is 31.5 Å². The number of rotatable bonds is 8. The molecule has 0 spiro atoms. The van der Waals surface area contributed by atoms with E-state index in [1.165, 1.54) is 0 Å². The van der Waals surface area contributed by atoms with Crippen LogP contribution in [0.1, 0.15) is 62.6 Å². The third kappa shape index (κ3) is 4.91. The minimum atomic E-state index is -0.728. The maximum atomic E-state index is 12.8. The first kappa shape index (κ1) is 21.2. The minimum Gasteiger partial charge on any atom is -0.483 e. The summed E-state index contributed by atoms with van der Waals surface area (Å²) in [4.78, 5) is 12.8. The molecule has 2 aromatic carbocycles. The summed E-state index contributed by atoms with van der Waals surface area (Å²) in [7, 11) is 0. The van der Waals surface area contributed by atoms with Crippen LogP contribution >= 0.6 is 0 Å². The Kier molecular flexibility index (Phi) is 6.80. The Hall–Kier alpha value is -2.53. The Morgan fingerprint density at radius 3 is 2.59 bits per heavy atom. The second kappa shape index (κ2) is 9.31. The van der Waals surface area contributed by atoms with Gasteiger partial charge in [-0.05, 0) is 57.5 Å². The predicted molar refractivity (Wildman–Crippen MR) is 115 cm³/mol. The van der Waals surface area contributed by atoms with Gasteiger partial charge in [0.05, 0.1) is 5.56 Å². The largest absolute Gasteiger partial charge is 0.483 e. The van der Waals surface area contributed by atoms with Crippen LogP contribution in [0, 0.1) is 0 Å². The van der Waals surface area contributed by atoms with Crippen LogP contribution in [-0.4, -0.2) is 30.8 Å². The Morgan fingerprint density at radius 1 is 1.14 bits per heavy atom. The summed E-state index contributed by atoms with van der Waals surface area (Å²) in [5, 5.41) is 3.33. The maximum Gasteiger partial charge on any atom is 0.338 e. The molecule has 0 fully saturated rings. The molecule has 0 amide bonds. The van der Waals surface area contributed by atoms with E-state index in [0.29, 0.717) is 12.2 Å². The van der Waals surface area contributed by atoms with Crippen molar-refractivity contribution in [2.45, 2.75) is 58.3 Å². The Labute approximate surface area is 173 Å². The number of anilines is 1. The molecule has 1 aliphatic heterocycles. The molecular weight excluding hydrogens is 366 g/mol. The van der Waals surface area contributed by atoms with Crippen LogP contribution in [0.2, 0.25) is 0 Å². The lowest BCUT2D eigenvalue weighted by atomic mass is 9.87. The molecule has 5 heteroatoms. The zero-order chi connectivity index (χ0) is 20.9. The first-order valence-electron chi connectivity index (χ1n) is 10.4. The molecule has 156 valence electrons. The SMILES string of the molecule is CCCCOC1c2cc(NCC)ccc2OC(C)(C)C1OC(=O)c1ccccc1. The normalized spacial score (nSPS) is 19.7. The number of hydrogen-bond donors (Lipinski definition) is 1. The number of carbonyl (C=O) groups excluding carboxylic acids is 1. The first-order chi connectivity index (χ1) is 14.0. The number of esters is 1. The van der Waals surface area contributed by atoms with Crippen molar-refractivity contribution in [1.82, 2.24) is 0 Å². The molecule has 1 aliphatic rings. The molecule has 1 N–H and O–H groups in total. The van der Waals surface area contributed by atoms with E-state index in [0.717, 1.165) is 36.4 Å². The first-order valence-corrected chi connectivity index (χ1v) is 10.4. The topological polar surface area (TPSA) is 56.8 Å². The van der Waals surface area contributed by atoms with Gasteiger partial charge in [0.25, 0.3) is 0 Å². The molecule has 0 saturated carbocycles.